The molecule has 1 aromatic rings. The Hall–Kier alpha value is -2.45. The first kappa shape index (κ1) is 17.9. The molecule has 0 radical (unpaired) electrons. The third-order valence-electron chi connectivity index (χ3n) is 5.32. The van der Waals surface area contributed by atoms with Crippen LogP contribution in [-0.2, 0) is 23.9 Å². The van der Waals surface area contributed by atoms with Gasteiger partial charge in [0.1, 0.15) is 6.54 Å². The number of hydrogen-bond donors (Lipinski definition) is 1. The van der Waals surface area contributed by atoms with Crippen LogP contribution in [0.2, 0.25) is 0 Å². The van der Waals surface area contributed by atoms with E-state index in [2.05, 4.69) is 5.32 Å². The molecule has 3 amide bonds. The predicted molar refractivity (Wildman–Crippen MR) is 97.1 cm³/mol. The standard InChI is InChI=1S/C19H23N3O5/c23-16-13-22(15-4-2-1-3-14(15)20-16)18(25)6-5-17(24)21-9-7-19(8-10-21)26-11-12-27-19/h1-4H,5-13H2,(H,20,23). The van der Waals surface area contributed by atoms with E-state index in [0.29, 0.717) is 50.5 Å². The smallest absolute Gasteiger partial charge is 0.244 e. The fourth-order valence-electron chi connectivity index (χ4n) is 3.85. The number of likely N-dealkylation sites (tertiary alicyclic amines) is 1. The summed E-state index contributed by atoms with van der Waals surface area (Å²) in [6, 6.07) is 7.17. The third-order valence-corrected chi connectivity index (χ3v) is 5.32. The lowest BCUT2D eigenvalue weighted by Crippen LogP contribution is -2.47. The SMILES string of the molecule is O=C1CN(C(=O)CCC(=O)N2CCC3(CC2)OCCO3)c2ccccc2N1. The fraction of sp³-hybridized carbons (Fsp3) is 0.526. The van der Waals surface area contributed by atoms with Gasteiger partial charge in [-0.3, -0.25) is 14.4 Å². The summed E-state index contributed by atoms with van der Waals surface area (Å²) in [6.45, 7) is 2.33. The maximum atomic E-state index is 12.6. The lowest BCUT2D eigenvalue weighted by molar-refractivity contribution is -0.187. The Balaban J connectivity index is 1.32. The zero-order chi connectivity index (χ0) is 18.9. The minimum atomic E-state index is -0.516. The number of ether oxygens (including phenoxy) is 2. The molecule has 1 aromatic carbocycles. The predicted octanol–water partition coefficient (Wildman–Crippen LogP) is 1.12. The number of nitrogens with zero attached hydrogens (tertiary/aromatic N) is 2. The topological polar surface area (TPSA) is 88.2 Å². The highest BCUT2D eigenvalue weighted by Crippen LogP contribution is 2.32. The maximum Gasteiger partial charge on any atom is 0.244 e. The van der Waals surface area contributed by atoms with Crippen LogP contribution in [0.3, 0.4) is 0 Å². The van der Waals surface area contributed by atoms with Crippen LogP contribution in [0.25, 0.3) is 0 Å². The molecule has 3 heterocycles. The van der Waals surface area contributed by atoms with Crippen molar-refractivity contribution in [3.63, 3.8) is 0 Å². The molecule has 0 bridgehead atoms. The van der Waals surface area contributed by atoms with Gasteiger partial charge in [-0.15, -0.1) is 0 Å². The van der Waals surface area contributed by atoms with Crippen LogP contribution < -0.4 is 10.2 Å². The molecule has 0 unspecified atom stereocenters. The van der Waals surface area contributed by atoms with Gasteiger partial charge in [0, 0.05) is 38.8 Å². The van der Waals surface area contributed by atoms with E-state index in [4.69, 9.17) is 9.47 Å². The van der Waals surface area contributed by atoms with Crippen LogP contribution in [0.5, 0.6) is 0 Å². The van der Waals surface area contributed by atoms with Gasteiger partial charge in [-0.05, 0) is 12.1 Å². The number of hydrogen-bond acceptors (Lipinski definition) is 5. The Kier molecular flexibility index (Phi) is 4.84. The van der Waals surface area contributed by atoms with Crippen LogP contribution in [-0.4, -0.2) is 61.3 Å². The van der Waals surface area contributed by atoms with Gasteiger partial charge in [-0.2, -0.15) is 0 Å². The minimum Gasteiger partial charge on any atom is -0.347 e. The molecule has 4 rings (SSSR count). The van der Waals surface area contributed by atoms with E-state index in [0.717, 1.165) is 0 Å². The van der Waals surface area contributed by atoms with Gasteiger partial charge in [0.05, 0.1) is 24.6 Å². The van der Waals surface area contributed by atoms with Crippen molar-refractivity contribution in [3.8, 4) is 0 Å². The fourth-order valence-corrected chi connectivity index (χ4v) is 3.85. The molecule has 2 saturated heterocycles. The second-order valence-corrected chi connectivity index (χ2v) is 7.03. The Morgan fingerprint density at radius 3 is 2.44 bits per heavy atom. The number of fused-ring (bicyclic) bond motifs is 1. The first-order chi connectivity index (χ1) is 13.1. The molecular weight excluding hydrogens is 350 g/mol. The van der Waals surface area contributed by atoms with Crippen LogP contribution in [0, 0.1) is 0 Å². The number of piperidine rings is 1. The minimum absolute atomic E-state index is 0.0229. The van der Waals surface area contributed by atoms with Gasteiger partial charge in [0.25, 0.3) is 0 Å². The van der Waals surface area contributed by atoms with Gasteiger partial charge in [-0.25, -0.2) is 0 Å². The van der Waals surface area contributed by atoms with E-state index in [1.807, 2.05) is 6.07 Å². The van der Waals surface area contributed by atoms with Gasteiger partial charge in [0.2, 0.25) is 17.7 Å². The van der Waals surface area contributed by atoms with E-state index in [1.54, 1.807) is 23.1 Å². The first-order valence-corrected chi connectivity index (χ1v) is 9.31. The molecule has 1 N–H and O–H groups in total. The molecule has 0 aliphatic carbocycles. The normalized spacial score (nSPS) is 21.1. The maximum absolute atomic E-state index is 12.6. The second kappa shape index (κ2) is 7.28. The highest BCUT2D eigenvalue weighted by Gasteiger charge is 2.40. The van der Waals surface area contributed by atoms with Crippen molar-refractivity contribution in [2.45, 2.75) is 31.5 Å². The second-order valence-electron chi connectivity index (χ2n) is 7.03. The summed E-state index contributed by atoms with van der Waals surface area (Å²) in [4.78, 5) is 40.2. The first-order valence-electron chi connectivity index (χ1n) is 9.31. The number of carbonyl (C=O) groups is 3. The molecule has 8 heteroatoms. The van der Waals surface area contributed by atoms with E-state index in [-0.39, 0.29) is 37.1 Å². The zero-order valence-corrected chi connectivity index (χ0v) is 15.1. The number of para-hydroxylation sites is 2. The molecule has 2 fully saturated rings. The number of anilines is 2. The van der Waals surface area contributed by atoms with Crippen molar-refractivity contribution in [1.82, 2.24) is 4.90 Å². The number of amides is 3. The van der Waals surface area contributed by atoms with Gasteiger partial charge >= 0.3 is 0 Å². The summed E-state index contributed by atoms with van der Waals surface area (Å²) >= 11 is 0. The van der Waals surface area contributed by atoms with E-state index >= 15 is 0 Å². The molecule has 3 aliphatic heterocycles. The summed E-state index contributed by atoms with van der Waals surface area (Å²) in [5, 5.41) is 2.75. The average molecular weight is 373 g/mol. The highest BCUT2D eigenvalue weighted by atomic mass is 16.7. The molecule has 3 aliphatic rings. The van der Waals surface area contributed by atoms with Crippen LogP contribution >= 0.6 is 0 Å². The Morgan fingerprint density at radius 2 is 1.70 bits per heavy atom. The molecule has 27 heavy (non-hydrogen) atoms. The summed E-state index contributed by atoms with van der Waals surface area (Å²) in [5.41, 5.74) is 1.29. The highest BCUT2D eigenvalue weighted by molar-refractivity contribution is 6.10. The molecule has 8 nitrogen and oxygen atoms in total. The molecular formula is C19H23N3O5. The monoisotopic (exact) mass is 373 g/mol. The van der Waals surface area contributed by atoms with Crippen molar-refractivity contribution < 1.29 is 23.9 Å². The lowest BCUT2D eigenvalue weighted by atomic mass is 10.0. The number of carbonyl (C=O) groups excluding carboxylic acids is 3. The summed E-state index contributed by atoms with van der Waals surface area (Å²) in [5.74, 6) is -1.02. The Bertz CT molecular complexity index is 749. The van der Waals surface area contributed by atoms with Crippen molar-refractivity contribution in [2.24, 2.45) is 0 Å². The van der Waals surface area contributed by atoms with Crippen LogP contribution in [0.1, 0.15) is 25.7 Å². The summed E-state index contributed by atoms with van der Waals surface area (Å²) < 4.78 is 11.3. The van der Waals surface area contributed by atoms with Crippen molar-refractivity contribution in [2.75, 3.05) is 43.1 Å². The van der Waals surface area contributed by atoms with Gasteiger partial charge in [-0.1, -0.05) is 12.1 Å². The van der Waals surface area contributed by atoms with Crippen LogP contribution in [0.4, 0.5) is 11.4 Å². The van der Waals surface area contributed by atoms with Crippen molar-refractivity contribution >= 4 is 29.1 Å². The number of rotatable bonds is 3. The molecule has 144 valence electrons. The largest absolute Gasteiger partial charge is 0.347 e. The Labute approximate surface area is 157 Å². The Morgan fingerprint density at radius 1 is 1.04 bits per heavy atom. The van der Waals surface area contributed by atoms with Crippen molar-refractivity contribution in [1.29, 1.82) is 0 Å². The van der Waals surface area contributed by atoms with Gasteiger partial charge in [0.15, 0.2) is 5.79 Å². The molecule has 0 aromatic heterocycles. The van der Waals surface area contributed by atoms with Gasteiger partial charge < -0.3 is 24.6 Å². The van der Waals surface area contributed by atoms with Crippen LogP contribution in [0.15, 0.2) is 24.3 Å². The van der Waals surface area contributed by atoms with Crippen molar-refractivity contribution in [3.05, 3.63) is 24.3 Å². The third kappa shape index (κ3) is 3.68. The molecule has 0 atom stereocenters. The van der Waals surface area contributed by atoms with E-state index in [1.165, 1.54) is 4.90 Å². The summed E-state index contributed by atoms with van der Waals surface area (Å²) in [7, 11) is 0. The van der Waals surface area contributed by atoms with E-state index < -0.39 is 5.79 Å². The molecule has 0 saturated carbocycles. The van der Waals surface area contributed by atoms with E-state index in [9.17, 15) is 14.4 Å². The number of benzene rings is 1. The number of nitrogens with one attached hydrogen (secondary N) is 1. The summed E-state index contributed by atoms with van der Waals surface area (Å²) in [6.07, 6.45) is 1.53. The average Bonchev–Trinajstić information content (AvgIpc) is 3.13. The lowest BCUT2D eigenvalue weighted by Gasteiger charge is -2.37. The molecule has 1 spiro atoms. The quantitative estimate of drug-likeness (QED) is 0.858. The zero-order valence-electron chi connectivity index (χ0n) is 15.1.